The summed E-state index contributed by atoms with van der Waals surface area (Å²) in [5.41, 5.74) is 1.08. The second-order valence-electron chi connectivity index (χ2n) is 2.36. The van der Waals surface area contributed by atoms with Crippen molar-refractivity contribution in [3.8, 4) is 0 Å². The Labute approximate surface area is 84.2 Å². The van der Waals surface area contributed by atoms with Gasteiger partial charge in [0.05, 0.1) is 0 Å². The molecule has 0 aliphatic rings. The Morgan fingerprint density at radius 1 is 1.58 bits per heavy atom. The van der Waals surface area contributed by atoms with Crippen molar-refractivity contribution in [2.75, 3.05) is 6.67 Å². The molecule has 0 unspecified atom stereocenters. The molecule has 12 heavy (non-hydrogen) atoms. The number of rotatable bonds is 2. The summed E-state index contributed by atoms with van der Waals surface area (Å²) in [6.07, 6.45) is 0. The van der Waals surface area contributed by atoms with Gasteiger partial charge in [-0.15, -0.1) is 0 Å². The fourth-order valence-electron chi connectivity index (χ4n) is 0.848. The molecule has 0 aliphatic carbocycles. The maximum atomic E-state index is 12.2. The lowest BCUT2D eigenvalue weighted by Crippen LogP contribution is -1.85. The number of alkyl halides is 1. The second kappa shape index (κ2) is 4.06. The molecule has 0 radical (unpaired) electrons. The molecule has 0 fully saturated rings. The molecular formula is C9H7BrClF. The SMILES string of the molecule is C=C(CF)c1ccc(Br)cc1Cl. The van der Waals surface area contributed by atoms with Crippen molar-refractivity contribution >= 4 is 33.1 Å². The lowest BCUT2D eigenvalue weighted by Gasteiger charge is -2.03. The molecule has 0 nitrogen and oxygen atoms in total. The first-order valence-corrected chi connectivity index (χ1v) is 4.51. The number of hydrogen-bond acceptors (Lipinski definition) is 0. The zero-order valence-electron chi connectivity index (χ0n) is 6.28. The maximum absolute atomic E-state index is 12.2. The first kappa shape index (κ1) is 9.75. The smallest absolute Gasteiger partial charge is 0.115 e. The van der Waals surface area contributed by atoms with Gasteiger partial charge in [-0.05, 0) is 23.3 Å². The van der Waals surface area contributed by atoms with E-state index in [-0.39, 0.29) is 0 Å². The van der Waals surface area contributed by atoms with Gasteiger partial charge in [0.15, 0.2) is 0 Å². The van der Waals surface area contributed by atoms with E-state index in [0.29, 0.717) is 16.2 Å². The van der Waals surface area contributed by atoms with E-state index < -0.39 is 6.67 Å². The second-order valence-corrected chi connectivity index (χ2v) is 3.68. The van der Waals surface area contributed by atoms with Gasteiger partial charge in [0.1, 0.15) is 6.67 Å². The minimum absolute atomic E-state index is 0.410. The summed E-state index contributed by atoms with van der Waals surface area (Å²) in [5.74, 6) is 0. The molecule has 1 rings (SSSR count). The Morgan fingerprint density at radius 2 is 2.25 bits per heavy atom. The Hall–Kier alpha value is -0.340. The standard InChI is InChI=1S/C9H7BrClF/c1-6(5-12)8-3-2-7(10)4-9(8)11/h2-4H,1,5H2. The van der Waals surface area contributed by atoms with Gasteiger partial charge < -0.3 is 0 Å². The van der Waals surface area contributed by atoms with Crippen LogP contribution in [0.2, 0.25) is 5.02 Å². The van der Waals surface area contributed by atoms with Gasteiger partial charge >= 0.3 is 0 Å². The zero-order valence-corrected chi connectivity index (χ0v) is 8.62. The van der Waals surface area contributed by atoms with Crippen molar-refractivity contribution in [1.82, 2.24) is 0 Å². The summed E-state index contributed by atoms with van der Waals surface area (Å²) < 4.78 is 13.1. The number of halogens is 3. The predicted molar refractivity (Wildman–Crippen MR) is 54.2 cm³/mol. The molecule has 0 amide bonds. The molecule has 3 heteroatoms. The highest BCUT2D eigenvalue weighted by Crippen LogP contribution is 2.26. The maximum Gasteiger partial charge on any atom is 0.115 e. The van der Waals surface area contributed by atoms with Crippen molar-refractivity contribution in [1.29, 1.82) is 0 Å². The van der Waals surface area contributed by atoms with E-state index in [1.54, 1.807) is 12.1 Å². The van der Waals surface area contributed by atoms with E-state index in [1.807, 2.05) is 6.07 Å². The largest absolute Gasteiger partial charge is 0.246 e. The summed E-state index contributed by atoms with van der Waals surface area (Å²) in [6, 6.07) is 5.27. The highest BCUT2D eigenvalue weighted by atomic mass is 79.9. The van der Waals surface area contributed by atoms with Crippen LogP contribution in [0.15, 0.2) is 29.3 Å². The van der Waals surface area contributed by atoms with Crippen LogP contribution in [0.4, 0.5) is 4.39 Å². The average molecular weight is 250 g/mol. The molecule has 0 saturated carbocycles. The normalized spacial score (nSPS) is 9.92. The monoisotopic (exact) mass is 248 g/mol. The predicted octanol–water partition coefficient (Wildman–Crippen LogP) is 4.09. The minimum atomic E-state index is -0.568. The van der Waals surface area contributed by atoms with E-state index in [2.05, 4.69) is 22.5 Å². The van der Waals surface area contributed by atoms with Crippen LogP contribution in [0, 0.1) is 0 Å². The highest BCUT2D eigenvalue weighted by molar-refractivity contribution is 9.10. The van der Waals surface area contributed by atoms with Gasteiger partial charge in [0.2, 0.25) is 0 Å². The molecule has 0 saturated heterocycles. The van der Waals surface area contributed by atoms with Crippen LogP contribution in [0.3, 0.4) is 0 Å². The Bertz CT molecular complexity index is 309. The summed E-state index contributed by atoms with van der Waals surface area (Å²) >= 11 is 9.11. The van der Waals surface area contributed by atoms with Crippen molar-refractivity contribution in [2.24, 2.45) is 0 Å². The van der Waals surface area contributed by atoms with Crippen LogP contribution in [0.5, 0.6) is 0 Å². The minimum Gasteiger partial charge on any atom is -0.246 e. The van der Waals surface area contributed by atoms with Crippen LogP contribution < -0.4 is 0 Å². The van der Waals surface area contributed by atoms with Crippen molar-refractivity contribution in [3.05, 3.63) is 39.8 Å². The van der Waals surface area contributed by atoms with Crippen molar-refractivity contribution in [2.45, 2.75) is 0 Å². The number of hydrogen-bond donors (Lipinski definition) is 0. The zero-order chi connectivity index (χ0) is 9.14. The molecule has 64 valence electrons. The van der Waals surface area contributed by atoms with E-state index >= 15 is 0 Å². The Balaban J connectivity index is 3.09. The number of allylic oxidation sites excluding steroid dienone is 1. The fraction of sp³-hybridized carbons (Fsp3) is 0.111. The van der Waals surface area contributed by atoms with Crippen LogP contribution in [-0.2, 0) is 0 Å². The molecule has 0 heterocycles. The lowest BCUT2D eigenvalue weighted by atomic mass is 10.1. The summed E-state index contributed by atoms with van der Waals surface area (Å²) in [7, 11) is 0. The third-order valence-electron chi connectivity index (χ3n) is 1.47. The highest BCUT2D eigenvalue weighted by Gasteiger charge is 2.03. The quantitative estimate of drug-likeness (QED) is 0.741. The molecule has 1 aromatic rings. The molecule has 0 bridgehead atoms. The van der Waals surface area contributed by atoms with E-state index in [1.165, 1.54) is 0 Å². The molecule has 1 aromatic carbocycles. The molecular weight excluding hydrogens is 242 g/mol. The topological polar surface area (TPSA) is 0 Å². The van der Waals surface area contributed by atoms with Gasteiger partial charge in [0, 0.05) is 9.50 Å². The van der Waals surface area contributed by atoms with Gasteiger partial charge in [-0.1, -0.05) is 40.2 Å². The summed E-state index contributed by atoms with van der Waals surface area (Å²) in [6.45, 7) is 2.99. The van der Waals surface area contributed by atoms with Crippen LogP contribution in [0.25, 0.3) is 5.57 Å². The van der Waals surface area contributed by atoms with E-state index in [0.717, 1.165) is 4.47 Å². The third kappa shape index (κ3) is 2.08. The molecule has 0 N–H and O–H groups in total. The van der Waals surface area contributed by atoms with Gasteiger partial charge in [-0.3, -0.25) is 0 Å². The van der Waals surface area contributed by atoms with Crippen molar-refractivity contribution < 1.29 is 4.39 Å². The first-order chi connectivity index (χ1) is 5.65. The first-order valence-electron chi connectivity index (χ1n) is 3.34. The van der Waals surface area contributed by atoms with Gasteiger partial charge in [0.25, 0.3) is 0 Å². The van der Waals surface area contributed by atoms with Gasteiger partial charge in [-0.25, -0.2) is 4.39 Å². The summed E-state index contributed by atoms with van der Waals surface area (Å²) in [4.78, 5) is 0. The fourth-order valence-corrected chi connectivity index (χ4v) is 1.66. The number of benzene rings is 1. The van der Waals surface area contributed by atoms with Crippen LogP contribution in [0.1, 0.15) is 5.56 Å². The van der Waals surface area contributed by atoms with Crippen LogP contribution >= 0.6 is 27.5 Å². The summed E-state index contributed by atoms with van der Waals surface area (Å²) in [5, 5.41) is 0.520. The third-order valence-corrected chi connectivity index (χ3v) is 2.28. The molecule has 0 aliphatic heterocycles. The molecule has 0 spiro atoms. The molecule has 0 atom stereocenters. The van der Waals surface area contributed by atoms with Crippen LogP contribution in [-0.4, -0.2) is 6.67 Å². The van der Waals surface area contributed by atoms with Crippen molar-refractivity contribution in [3.63, 3.8) is 0 Å². The van der Waals surface area contributed by atoms with E-state index in [9.17, 15) is 4.39 Å². The van der Waals surface area contributed by atoms with E-state index in [4.69, 9.17) is 11.6 Å². The Morgan fingerprint density at radius 3 is 2.75 bits per heavy atom. The van der Waals surface area contributed by atoms with Gasteiger partial charge in [-0.2, -0.15) is 0 Å². The lowest BCUT2D eigenvalue weighted by molar-refractivity contribution is 0.572. The average Bonchev–Trinajstić information content (AvgIpc) is 2.03. The Kier molecular flexibility index (Phi) is 3.29. The molecule has 0 aromatic heterocycles.